The van der Waals surface area contributed by atoms with Crippen LogP contribution in [0, 0.1) is 11.5 Å². The van der Waals surface area contributed by atoms with Crippen LogP contribution in [-0.4, -0.2) is 29.5 Å². The normalized spacial score (nSPS) is 20.3. The minimum absolute atomic E-state index is 0.329. The second kappa shape index (κ2) is 4.72. The Hall–Kier alpha value is -1.22. The number of esters is 1. The topological polar surface area (TPSA) is 74.5 Å². The first-order chi connectivity index (χ1) is 6.27. The number of nitrogens with one attached hydrogen (secondary N) is 1. The number of hydrogen-bond acceptors (Lipinski definition) is 6. The molecule has 1 atom stereocenters. The number of nitriles is 1. The first-order valence-corrected chi connectivity index (χ1v) is 4.78. The minimum Gasteiger partial charge on any atom is -0.464 e. The van der Waals surface area contributed by atoms with E-state index < -0.39 is 6.04 Å². The van der Waals surface area contributed by atoms with Crippen LogP contribution in [0.5, 0.6) is 0 Å². The van der Waals surface area contributed by atoms with Crippen molar-refractivity contribution >= 4 is 22.9 Å². The molecule has 1 unspecified atom stereocenters. The molecule has 1 aliphatic heterocycles. The van der Waals surface area contributed by atoms with Crippen molar-refractivity contribution < 1.29 is 9.53 Å². The van der Waals surface area contributed by atoms with E-state index in [0.29, 0.717) is 17.5 Å². The Balaban J connectivity index is 2.48. The third-order valence-corrected chi connectivity index (χ3v) is 2.34. The maximum atomic E-state index is 11.1. The van der Waals surface area contributed by atoms with E-state index in [-0.39, 0.29) is 5.97 Å². The zero-order chi connectivity index (χ0) is 9.68. The van der Waals surface area contributed by atoms with Crippen LogP contribution in [0.2, 0.25) is 0 Å². The molecule has 0 bridgehead atoms. The average Bonchev–Trinajstić information content (AvgIpc) is 2.54. The quantitative estimate of drug-likeness (QED) is 0.387. The highest BCUT2D eigenvalue weighted by molar-refractivity contribution is 8.14. The Bertz CT molecular complexity index is 271. The van der Waals surface area contributed by atoms with Crippen molar-refractivity contribution in [3.05, 3.63) is 0 Å². The summed E-state index contributed by atoms with van der Waals surface area (Å²) >= 11 is 1.34. The molecule has 0 fully saturated rings. The van der Waals surface area contributed by atoms with Gasteiger partial charge in [-0.15, -0.1) is 0 Å². The number of aliphatic imine (C=N–C) groups is 1. The van der Waals surface area contributed by atoms with Gasteiger partial charge in [0, 0.05) is 5.75 Å². The van der Waals surface area contributed by atoms with Crippen molar-refractivity contribution in [3.8, 4) is 6.19 Å². The SMILES string of the molecule is CCOC(=O)C1CSC(NC#N)=N1. The number of amidine groups is 1. The Morgan fingerprint density at radius 1 is 2.00 bits per heavy atom. The Kier molecular flexibility index (Phi) is 3.58. The van der Waals surface area contributed by atoms with Crippen LogP contribution in [0.25, 0.3) is 0 Å². The Morgan fingerprint density at radius 3 is 3.38 bits per heavy atom. The molecule has 0 aliphatic carbocycles. The summed E-state index contributed by atoms with van der Waals surface area (Å²) in [6, 6.07) is -0.458. The summed E-state index contributed by atoms with van der Waals surface area (Å²) in [5.74, 6) is 0.216. The first-order valence-electron chi connectivity index (χ1n) is 3.80. The van der Waals surface area contributed by atoms with E-state index in [4.69, 9.17) is 10.00 Å². The van der Waals surface area contributed by atoms with Crippen LogP contribution < -0.4 is 5.32 Å². The van der Waals surface area contributed by atoms with E-state index in [0.717, 1.165) is 0 Å². The highest BCUT2D eigenvalue weighted by atomic mass is 32.2. The third-order valence-electron chi connectivity index (χ3n) is 1.37. The molecule has 0 saturated heterocycles. The zero-order valence-corrected chi connectivity index (χ0v) is 7.93. The van der Waals surface area contributed by atoms with Gasteiger partial charge in [0.25, 0.3) is 0 Å². The maximum Gasteiger partial charge on any atom is 0.331 e. The van der Waals surface area contributed by atoms with Crippen molar-refractivity contribution in [3.63, 3.8) is 0 Å². The van der Waals surface area contributed by atoms with E-state index in [9.17, 15) is 4.79 Å². The predicted octanol–water partition coefficient (Wildman–Crippen LogP) is 0.0916. The molecule has 0 spiro atoms. The molecule has 70 valence electrons. The maximum absolute atomic E-state index is 11.1. The number of rotatable bonds is 2. The standard InChI is InChI=1S/C7H9N3O2S/c1-2-12-6(11)5-3-13-7(10-5)9-4-8/h5H,2-3H2,1H3,(H,9,10). The van der Waals surface area contributed by atoms with Gasteiger partial charge in [0.2, 0.25) is 0 Å². The van der Waals surface area contributed by atoms with Crippen LogP contribution in [-0.2, 0) is 9.53 Å². The van der Waals surface area contributed by atoms with Gasteiger partial charge in [0.1, 0.15) is 0 Å². The van der Waals surface area contributed by atoms with Crippen LogP contribution in [0.15, 0.2) is 4.99 Å². The molecule has 0 saturated carbocycles. The lowest BCUT2D eigenvalue weighted by molar-refractivity contribution is -0.143. The number of carbonyl (C=O) groups excluding carboxylic acids is 1. The number of nitrogens with zero attached hydrogens (tertiary/aromatic N) is 2. The van der Waals surface area contributed by atoms with Crippen LogP contribution in [0.1, 0.15) is 6.92 Å². The van der Waals surface area contributed by atoms with Crippen molar-refractivity contribution in [2.24, 2.45) is 4.99 Å². The predicted molar refractivity (Wildman–Crippen MR) is 49.1 cm³/mol. The molecule has 6 heteroatoms. The first kappa shape index (κ1) is 9.86. The molecule has 0 radical (unpaired) electrons. The molecule has 0 amide bonds. The van der Waals surface area contributed by atoms with E-state index >= 15 is 0 Å². The number of ether oxygens (including phenoxy) is 1. The largest absolute Gasteiger partial charge is 0.464 e. The number of thioether (sulfide) groups is 1. The van der Waals surface area contributed by atoms with E-state index in [1.165, 1.54) is 11.8 Å². The summed E-state index contributed by atoms with van der Waals surface area (Å²) in [6.07, 6.45) is 1.75. The molecule has 13 heavy (non-hydrogen) atoms. The smallest absolute Gasteiger partial charge is 0.331 e. The minimum atomic E-state index is -0.458. The summed E-state index contributed by atoms with van der Waals surface area (Å²) < 4.78 is 4.78. The number of carbonyl (C=O) groups is 1. The molecular weight excluding hydrogens is 190 g/mol. The van der Waals surface area contributed by atoms with Gasteiger partial charge in [-0.3, -0.25) is 5.32 Å². The molecule has 0 aromatic heterocycles. The summed E-state index contributed by atoms with van der Waals surface area (Å²) in [4.78, 5) is 15.1. The average molecular weight is 199 g/mol. The Labute approximate surface area is 80.2 Å². The van der Waals surface area contributed by atoms with Crippen LogP contribution in [0.3, 0.4) is 0 Å². The molecule has 5 nitrogen and oxygen atoms in total. The second-order valence-corrected chi connectivity index (χ2v) is 3.26. The van der Waals surface area contributed by atoms with Crippen molar-refractivity contribution in [1.82, 2.24) is 5.32 Å². The molecular formula is C7H9N3O2S. The summed E-state index contributed by atoms with van der Waals surface area (Å²) in [6.45, 7) is 2.11. The van der Waals surface area contributed by atoms with Gasteiger partial charge in [-0.05, 0) is 6.92 Å². The van der Waals surface area contributed by atoms with E-state index in [1.54, 1.807) is 13.1 Å². The van der Waals surface area contributed by atoms with Crippen LogP contribution in [0.4, 0.5) is 0 Å². The van der Waals surface area contributed by atoms with Crippen LogP contribution >= 0.6 is 11.8 Å². The highest BCUT2D eigenvalue weighted by Crippen LogP contribution is 2.17. The fraction of sp³-hybridized carbons (Fsp3) is 0.571. The van der Waals surface area contributed by atoms with Gasteiger partial charge in [-0.2, -0.15) is 5.26 Å². The van der Waals surface area contributed by atoms with Gasteiger partial charge in [-0.25, -0.2) is 9.79 Å². The highest BCUT2D eigenvalue weighted by Gasteiger charge is 2.25. The monoisotopic (exact) mass is 199 g/mol. The fourth-order valence-corrected chi connectivity index (χ4v) is 1.70. The van der Waals surface area contributed by atoms with Crippen molar-refractivity contribution in [2.75, 3.05) is 12.4 Å². The lowest BCUT2D eigenvalue weighted by Crippen LogP contribution is -2.21. The summed E-state index contributed by atoms with van der Waals surface area (Å²) in [5, 5.41) is 11.2. The van der Waals surface area contributed by atoms with Gasteiger partial charge in [-0.1, -0.05) is 11.8 Å². The molecule has 0 aromatic rings. The molecule has 1 rings (SSSR count). The van der Waals surface area contributed by atoms with E-state index in [1.807, 2.05) is 0 Å². The molecule has 1 N–H and O–H groups in total. The second-order valence-electron chi connectivity index (χ2n) is 2.25. The van der Waals surface area contributed by atoms with E-state index in [2.05, 4.69) is 10.3 Å². The van der Waals surface area contributed by atoms with Gasteiger partial charge in [0.15, 0.2) is 17.4 Å². The van der Waals surface area contributed by atoms with Gasteiger partial charge >= 0.3 is 5.97 Å². The summed E-state index contributed by atoms with van der Waals surface area (Å²) in [5.41, 5.74) is 0. The fourth-order valence-electron chi connectivity index (χ4n) is 0.849. The van der Waals surface area contributed by atoms with Crippen molar-refractivity contribution in [2.45, 2.75) is 13.0 Å². The van der Waals surface area contributed by atoms with Crippen molar-refractivity contribution in [1.29, 1.82) is 5.26 Å². The van der Waals surface area contributed by atoms with Gasteiger partial charge in [0.05, 0.1) is 6.61 Å². The summed E-state index contributed by atoms with van der Waals surface area (Å²) in [7, 11) is 0. The zero-order valence-electron chi connectivity index (χ0n) is 7.11. The number of hydrogen-bond donors (Lipinski definition) is 1. The molecule has 0 aromatic carbocycles. The molecule has 1 heterocycles. The lowest BCUT2D eigenvalue weighted by atomic mass is 10.4. The third kappa shape index (κ3) is 2.63. The molecule has 1 aliphatic rings. The Morgan fingerprint density at radius 2 is 2.77 bits per heavy atom. The lowest BCUT2D eigenvalue weighted by Gasteiger charge is -2.03. The van der Waals surface area contributed by atoms with Gasteiger partial charge < -0.3 is 4.74 Å².